The Labute approximate surface area is 530 Å². The van der Waals surface area contributed by atoms with Crippen LogP contribution in [-0.2, 0) is 19.1 Å². The van der Waals surface area contributed by atoms with Crippen LogP contribution in [0.4, 0.5) is 10.5 Å². The molecule has 3 N–H and O–H groups in total. The fourth-order valence-electron chi connectivity index (χ4n) is 9.57. The number of hydrogen-bond donors (Lipinski definition) is 3. The number of aromatic nitrogens is 3. The second kappa shape index (κ2) is 31.1. The maximum Gasteiger partial charge on any atom is 0.321 e. The molecule has 1 saturated heterocycles. The predicted molar refractivity (Wildman–Crippen MR) is 348 cm³/mol. The number of benzene rings is 7. The normalized spacial score (nSPS) is 15.8. The molecule has 0 spiro atoms. The predicted octanol–water partition coefficient (Wildman–Crippen LogP) is 13.8. The van der Waals surface area contributed by atoms with Gasteiger partial charge in [0, 0.05) is 36.5 Å². The molecule has 0 saturated carbocycles. The summed E-state index contributed by atoms with van der Waals surface area (Å²) in [7, 11) is 3.05. The number of methoxy groups -OCH3 is 1. The van der Waals surface area contributed by atoms with Crippen LogP contribution in [0.25, 0.3) is 5.69 Å². The molecule has 1 aromatic heterocycles. The van der Waals surface area contributed by atoms with Crippen LogP contribution in [0.5, 0.6) is 5.75 Å². The minimum Gasteiger partial charge on any atom is -0.495 e. The first-order chi connectivity index (χ1) is 43.2. The topological polar surface area (TPSA) is 234 Å². The summed E-state index contributed by atoms with van der Waals surface area (Å²) in [5, 5.41) is 40.6. The summed E-state index contributed by atoms with van der Waals surface area (Å²) in [5.74, 6) is 0.0784. The van der Waals surface area contributed by atoms with E-state index in [0.29, 0.717) is 47.9 Å². The molecule has 0 bridgehead atoms. The summed E-state index contributed by atoms with van der Waals surface area (Å²) in [6, 6.07) is 54.0. The Bertz CT molecular complexity index is 3880. The number of urea groups is 1. The minimum absolute atomic E-state index is 0.0814. The van der Waals surface area contributed by atoms with Gasteiger partial charge < -0.3 is 25.0 Å². The Hall–Kier alpha value is -9.16. The van der Waals surface area contributed by atoms with Crippen LogP contribution in [0.3, 0.4) is 0 Å². The molecule has 89 heavy (non-hydrogen) atoms. The molecule has 1 fully saturated rings. The highest BCUT2D eigenvalue weighted by Gasteiger charge is 2.37. The molecule has 5 unspecified atom stereocenters. The molecular weight excluding hydrogens is 1180 g/mol. The summed E-state index contributed by atoms with van der Waals surface area (Å²) >= 11 is 3.98. The average Bonchev–Trinajstić information content (AvgIpc) is 3.33. The van der Waals surface area contributed by atoms with Crippen molar-refractivity contribution in [2.24, 2.45) is 31.0 Å². The van der Waals surface area contributed by atoms with Crippen LogP contribution < -0.4 is 20.7 Å². The van der Waals surface area contributed by atoms with Crippen molar-refractivity contribution in [3.05, 3.63) is 237 Å². The van der Waals surface area contributed by atoms with Gasteiger partial charge in [0.15, 0.2) is 15.6 Å². The van der Waals surface area contributed by atoms with E-state index in [-0.39, 0.29) is 23.1 Å². The van der Waals surface area contributed by atoms with Gasteiger partial charge >= 0.3 is 6.03 Å². The number of anilines is 1. The molecule has 20 nitrogen and oxygen atoms in total. The van der Waals surface area contributed by atoms with Gasteiger partial charge in [0.2, 0.25) is 22.9 Å². The highest BCUT2D eigenvalue weighted by Crippen LogP contribution is 2.42. The molecule has 8 aromatic rings. The largest absolute Gasteiger partial charge is 0.495 e. The van der Waals surface area contributed by atoms with Crippen molar-refractivity contribution < 1.29 is 32.8 Å². The third-order valence-electron chi connectivity index (χ3n) is 14.4. The van der Waals surface area contributed by atoms with E-state index < -0.39 is 28.6 Å². The monoisotopic (exact) mass is 1250 g/mol. The molecule has 11 rings (SSSR count). The van der Waals surface area contributed by atoms with Crippen molar-refractivity contribution >= 4 is 70.0 Å². The number of rotatable bonds is 16. The Balaban J connectivity index is 0.000000159. The number of thioether (sulfide) groups is 2. The number of nitrogens with one attached hydrogen (secondary N) is 3. The van der Waals surface area contributed by atoms with Gasteiger partial charge in [-0.15, -0.1) is 15.3 Å². The van der Waals surface area contributed by atoms with E-state index in [1.54, 1.807) is 17.5 Å². The van der Waals surface area contributed by atoms with Crippen molar-refractivity contribution in [3.8, 4) is 11.4 Å². The molecule has 456 valence electrons. The molecule has 4 heterocycles. The molecular formula is C66H69N14O6S3+. The number of aryl methyl sites for hydroxylation is 6. The number of amides is 5. The van der Waals surface area contributed by atoms with Crippen LogP contribution >= 0.6 is 35.5 Å². The molecule has 0 radical (unpaired) electrons. The Morgan fingerprint density at radius 3 is 1.83 bits per heavy atom. The van der Waals surface area contributed by atoms with Crippen molar-refractivity contribution in [2.75, 3.05) is 45.8 Å². The van der Waals surface area contributed by atoms with E-state index in [1.807, 2.05) is 178 Å². The minimum atomic E-state index is -0.659. The summed E-state index contributed by atoms with van der Waals surface area (Å²) in [6.45, 7) is 14.5. The van der Waals surface area contributed by atoms with Gasteiger partial charge in [-0.05, 0) is 116 Å². The fraction of sp³-hybridized carbons (Fsp3) is 0.258. The van der Waals surface area contributed by atoms with Crippen LogP contribution in [0, 0.1) is 41.5 Å². The van der Waals surface area contributed by atoms with Crippen LogP contribution in [-0.4, -0.2) is 93.0 Å². The van der Waals surface area contributed by atoms with E-state index in [9.17, 15) is 19.2 Å². The summed E-state index contributed by atoms with van der Waals surface area (Å²) < 4.78 is 14.5. The molecule has 3 aliphatic rings. The molecule has 3 aliphatic heterocycles. The number of morpholine rings is 1. The van der Waals surface area contributed by atoms with E-state index in [2.05, 4.69) is 100 Å². The van der Waals surface area contributed by atoms with Crippen molar-refractivity contribution in [3.63, 3.8) is 0 Å². The maximum absolute atomic E-state index is 13.5. The number of nitrogens with zero attached hydrogens (tertiary/aromatic N) is 11. The van der Waals surface area contributed by atoms with Gasteiger partial charge in [0.25, 0.3) is 6.17 Å². The molecule has 7 aromatic carbocycles. The van der Waals surface area contributed by atoms with Gasteiger partial charge in [-0.25, -0.2) is 4.79 Å². The fourth-order valence-corrected chi connectivity index (χ4v) is 12.8. The third-order valence-corrected chi connectivity index (χ3v) is 18.0. The molecule has 0 aliphatic carbocycles. The van der Waals surface area contributed by atoms with Crippen LogP contribution in [0.2, 0.25) is 0 Å². The van der Waals surface area contributed by atoms with E-state index in [4.69, 9.17) is 9.47 Å². The summed E-state index contributed by atoms with van der Waals surface area (Å²) in [4.78, 5) is 53.1. The molecule has 23 heteroatoms. The number of hydrogen-bond acceptors (Lipinski definition) is 17. The summed E-state index contributed by atoms with van der Waals surface area (Å²) in [5.41, 5.74) is 12.8. The van der Waals surface area contributed by atoms with Gasteiger partial charge in [0.05, 0.1) is 26.0 Å². The third kappa shape index (κ3) is 16.9. The zero-order chi connectivity index (χ0) is 62.8. The zero-order valence-corrected chi connectivity index (χ0v) is 53.0. The second-order valence-corrected chi connectivity index (χ2v) is 24.2. The number of carbonyl (C=O) groups excluding carboxylic acids is 4. The lowest BCUT2D eigenvalue weighted by molar-refractivity contribution is -0.464. The van der Waals surface area contributed by atoms with Gasteiger partial charge in [-0.3, -0.25) is 24.3 Å². The van der Waals surface area contributed by atoms with E-state index in [1.165, 1.54) is 48.1 Å². The first-order valence-electron chi connectivity index (χ1n) is 28.7. The SMILES string of the molecule is CNC(=O)NC(=O)C(SC1=NN=NC1c1cc(C)ccc1C)c1ccccc1.COc1ccc(C)cc1NC(=O)C(S[N+]1=NN=NC1c1cc(C)ccc1C)c1ccccc1.Cc1ccc(-n2cnnc2SC(C(=O)N2CCOCC2)c2ccccc2)cc1. The second-order valence-electron chi connectivity index (χ2n) is 21.0. The van der Waals surface area contributed by atoms with E-state index in [0.717, 1.165) is 61.3 Å². The maximum atomic E-state index is 13.5. The van der Waals surface area contributed by atoms with Gasteiger partial charge in [0.1, 0.15) is 45.6 Å². The lowest BCUT2D eigenvalue weighted by Gasteiger charge is -2.30. The average molecular weight is 1250 g/mol. The van der Waals surface area contributed by atoms with Crippen molar-refractivity contribution in [1.29, 1.82) is 0 Å². The zero-order valence-electron chi connectivity index (χ0n) is 50.6. The first kappa shape index (κ1) is 64.3. The van der Waals surface area contributed by atoms with Crippen molar-refractivity contribution in [1.82, 2.24) is 30.3 Å². The Morgan fingerprint density at radius 1 is 0.629 bits per heavy atom. The first-order valence-corrected chi connectivity index (χ1v) is 31.3. The van der Waals surface area contributed by atoms with Crippen LogP contribution in [0.15, 0.2) is 212 Å². The van der Waals surface area contributed by atoms with Crippen LogP contribution in [0.1, 0.15) is 89.2 Å². The number of ether oxygens (including phenoxy) is 2. The van der Waals surface area contributed by atoms with E-state index >= 15 is 0 Å². The standard InChI is InChI=1S/C25H25N5O2S.C21H22N4O2S.C20H21N5O2S/c1-16-10-12-18(3)20(14-16)24-27-28-29-30(24)33-23(19-8-6-5-7-9-19)25(31)26-21-15-17(2)11-13-22(21)32-4;1-16-7-9-18(10-8-16)25-15-22-23-21(25)28-19(17-5-3-2-4-6-17)20(26)24-11-13-27-14-12-24;1-12-9-10-13(2)15(11-12)16-19(24-25-23-16)28-17(14-7-5-4-6-8-14)18(26)22-20(27)21-3/h5-15,23-24H,1-4H3;2-10,15,19H,11-14H2,1H3;4-11,16-17H,1-3H3,(H2,21,22,26,27)/p+1. The number of imide groups is 1. The van der Waals surface area contributed by atoms with Gasteiger partial charge in [-0.1, -0.05) is 184 Å². The highest BCUT2D eigenvalue weighted by molar-refractivity contribution is 8.14. The molecule has 5 atom stereocenters. The molecule has 5 amide bonds. The number of carbonyl (C=O) groups is 4. The summed E-state index contributed by atoms with van der Waals surface area (Å²) in [6.07, 6.45) is 1.29. The van der Waals surface area contributed by atoms with Gasteiger partial charge in [-0.2, -0.15) is 5.11 Å². The lowest BCUT2D eigenvalue weighted by Crippen LogP contribution is -2.42. The quantitative estimate of drug-likeness (QED) is 0.0467. The highest BCUT2D eigenvalue weighted by atomic mass is 32.2. The smallest absolute Gasteiger partial charge is 0.321 e. The lowest BCUT2D eigenvalue weighted by atomic mass is 10.00. The Kier molecular flexibility index (Phi) is 22.5. The Morgan fingerprint density at radius 2 is 1.20 bits per heavy atom. The van der Waals surface area contributed by atoms with Crippen molar-refractivity contribution in [2.45, 2.75) is 74.7 Å².